The van der Waals surface area contributed by atoms with Crippen molar-refractivity contribution in [3.05, 3.63) is 89.4 Å². The summed E-state index contributed by atoms with van der Waals surface area (Å²) in [4.78, 5) is 4.72. The van der Waals surface area contributed by atoms with Crippen LogP contribution in [0.5, 0.6) is 0 Å². The molecule has 0 spiro atoms. The number of hydrogen-bond acceptors (Lipinski definition) is 5. The van der Waals surface area contributed by atoms with Gasteiger partial charge in [-0.25, -0.2) is 4.98 Å². The molecule has 0 radical (unpaired) electrons. The number of hydrogen-bond donors (Lipinski definition) is 1. The van der Waals surface area contributed by atoms with Gasteiger partial charge in [-0.05, 0) is 48.5 Å². The molecule has 136 valence electrons. The Labute approximate surface area is 164 Å². The summed E-state index contributed by atoms with van der Waals surface area (Å²) in [6.45, 7) is 0. The Morgan fingerprint density at radius 1 is 0.821 bits per heavy atom. The van der Waals surface area contributed by atoms with Crippen LogP contribution in [-0.2, 0) is 0 Å². The van der Waals surface area contributed by atoms with Crippen LogP contribution in [0.25, 0.3) is 33.5 Å². The summed E-state index contributed by atoms with van der Waals surface area (Å²) < 4.78 is 12.0. The number of nitrogens with one attached hydrogen (secondary N) is 1. The van der Waals surface area contributed by atoms with Crippen molar-refractivity contribution in [2.45, 2.75) is 0 Å². The van der Waals surface area contributed by atoms with Crippen molar-refractivity contribution in [1.29, 1.82) is 0 Å². The van der Waals surface area contributed by atoms with Crippen LogP contribution in [0.1, 0.15) is 0 Å². The molecule has 2 aromatic heterocycles. The van der Waals surface area contributed by atoms with E-state index < -0.39 is 0 Å². The Kier molecular flexibility index (Phi) is 4.07. The first-order chi connectivity index (χ1) is 13.8. The van der Waals surface area contributed by atoms with Gasteiger partial charge < -0.3 is 8.83 Å². The lowest BCUT2D eigenvalue weighted by molar-refractivity contribution is 0.530. The molecule has 0 saturated heterocycles. The van der Waals surface area contributed by atoms with E-state index in [1.807, 2.05) is 66.7 Å². The lowest BCUT2D eigenvalue weighted by Gasteiger charge is -2.03. The van der Waals surface area contributed by atoms with Crippen LogP contribution >= 0.6 is 11.6 Å². The number of anilines is 1. The van der Waals surface area contributed by atoms with Gasteiger partial charge in [0.1, 0.15) is 11.1 Å². The topological polar surface area (TPSA) is 63.6 Å². The molecular formula is C22H14ClN3O2. The maximum absolute atomic E-state index is 6.01. The third-order valence-electron chi connectivity index (χ3n) is 4.30. The zero-order valence-electron chi connectivity index (χ0n) is 14.6. The summed E-state index contributed by atoms with van der Waals surface area (Å²) in [5, 5.41) is 6.07. The number of benzene rings is 3. The number of nitrogens with zero attached hydrogens (tertiary/aromatic N) is 2. The Morgan fingerprint density at radius 2 is 1.57 bits per heavy atom. The van der Waals surface area contributed by atoms with E-state index in [0.29, 0.717) is 27.6 Å². The standard InChI is InChI=1S/C22H14ClN3O2/c23-15-9-11-16(12-10-15)25-26-22-21(24-17-6-2-4-8-19(17)28-22)20-13-14-5-1-3-7-18(14)27-20/h1-13,25H/b26-22-. The number of para-hydroxylation sites is 3. The van der Waals surface area contributed by atoms with Gasteiger partial charge >= 0.3 is 0 Å². The second-order valence-corrected chi connectivity index (χ2v) is 6.65. The Morgan fingerprint density at radius 3 is 2.39 bits per heavy atom. The van der Waals surface area contributed by atoms with Gasteiger partial charge in [0.15, 0.2) is 17.0 Å². The van der Waals surface area contributed by atoms with Crippen molar-refractivity contribution in [1.82, 2.24) is 4.98 Å². The third kappa shape index (κ3) is 3.12. The molecule has 0 bridgehead atoms. The van der Waals surface area contributed by atoms with Crippen LogP contribution in [0, 0.1) is 0 Å². The second-order valence-electron chi connectivity index (χ2n) is 6.21. The van der Waals surface area contributed by atoms with Crippen LogP contribution in [-0.4, -0.2) is 4.98 Å². The van der Waals surface area contributed by atoms with E-state index in [-0.39, 0.29) is 0 Å². The molecule has 0 atom stereocenters. The van der Waals surface area contributed by atoms with Gasteiger partial charge in [0.05, 0.1) is 5.69 Å². The van der Waals surface area contributed by atoms with Gasteiger partial charge in [-0.2, -0.15) is 0 Å². The normalized spacial score (nSPS) is 12.0. The largest absolute Gasteiger partial charge is 0.454 e. The number of furan rings is 1. The number of aromatic nitrogens is 1. The smallest absolute Gasteiger partial charge is 0.266 e. The second kappa shape index (κ2) is 6.87. The van der Waals surface area contributed by atoms with Gasteiger partial charge in [0.2, 0.25) is 0 Å². The van der Waals surface area contributed by atoms with E-state index >= 15 is 0 Å². The lowest BCUT2D eigenvalue weighted by Crippen LogP contribution is -2.11. The molecule has 28 heavy (non-hydrogen) atoms. The minimum Gasteiger partial charge on any atom is -0.454 e. The molecule has 0 aliphatic rings. The predicted molar refractivity (Wildman–Crippen MR) is 110 cm³/mol. The first-order valence-electron chi connectivity index (χ1n) is 8.70. The fraction of sp³-hybridized carbons (Fsp3) is 0. The van der Waals surface area contributed by atoms with Crippen LogP contribution in [0.3, 0.4) is 0 Å². The highest BCUT2D eigenvalue weighted by molar-refractivity contribution is 6.30. The monoisotopic (exact) mass is 387 g/mol. The molecule has 3 aromatic carbocycles. The zero-order chi connectivity index (χ0) is 18.9. The summed E-state index contributed by atoms with van der Waals surface area (Å²) in [7, 11) is 0. The van der Waals surface area contributed by atoms with E-state index in [1.54, 1.807) is 12.1 Å². The minimum absolute atomic E-state index is 0.327. The Hall–Kier alpha value is -3.57. The van der Waals surface area contributed by atoms with E-state index in [9.17, 15) is 0 Å². The van der Waals surface area contributed by atoms with Gasteiger partial charge in [-0.15, -0.1) is 5.10 Å². The SMILES string of the molecule is Clc1ccc(N/N=c2\oc3ccccc3nc2-c2cc3ccccc3o2)cc1. The first-order valence-corrected chi connectivity index (χ1v) is 9.08. The van der Waals surface area contributed by atoms with Crippen LogP contribution in [0.2, 0.25) is 5.02 Å². The molecule has 0 fully saturated rings. The molecule has 0 unspecified atom stereocenters. The molecule has 0 aliphatic heterocycles. The molecule has 2 heterocycles. The van der Waals surface area contributed by atoms with Gasteiger partial charge in [0.25, 0.3) is 5.55 Å². The van der Waals surface area contributed by atoms with Crippen molar-refractivity contribution in [2.24, 2.45) is 5.10 Å². The number of rotatable bonds is 3. The van der Waals surface area contributed by atoms with Crippen molar-refractivity contribution < 1.29 is 8.83 Å². The number of halogens is 1. The molecule has 5 nitrogen and oxygen atoms in total. The summed E-state index contributed by atoms with van der Waals surface area (Å²) in [5.41, 5.74) is 6.76. The average Bonchev–Trinajstić information content (AvgIpc) is 3.17. The maximum Gasteiger partial charge on any atom is 0.266 e. The third-order valence-corrected chi connectivity index (χ3v) is 4.55. The minimum atomic E-state index is 0.327. The van der Waals surface area contributed by atoms with Gasteiger partial charge in [-0.3, -0.25) is 5.43 Å². The average molecular weight is 388 g/mol. The molecule has 0 saturated carbocycles. The summed E-state index contributed by atoms with van der Waals surface area (Å²) in [6, 6.07) is 24.5. The molecule has 5 rings (SSSR count). The molecule has 1 N–H and O–H groups in total. The summed E-state index contributed by atoms with van der Waals surface area (Å²) >= 11 is 5.94. The molecule has 5 aromatic rings. The highest BCUT2D eigenvalue weighted by atomic mass is 35.5. The van der Waals surface area contributed by atoms with Crippen molar-refractivity contribution in [3.63, 3.8) is 0 Å². The van der Waals surface area contributed by atoms with Crippen molar-refractivity contribution in [3.8, 4) is 11.5 Å². The highest BCUT2D eigenvalue weighted by Gasteiger charge is 2.13. The van der Waals surface area contributed by atoms with Crippen molar-refractivity contribution in [2.75, 3.05) is 5.43 Å². The first kappa shape index (κ1) is 16.6. The predicted octanol–water partition coefficient (Wildman–Crippen LogP) is 5.82. The Balaban J connectivity index is 1.68. The van der Waals surface area contributed by atoms with Gasteiger partial charge in [0, 0.05) is 10.4 Å². The van der Waals surface area contributed by atoms with Crippen LogP contribution in [0.15, 0.2) is 92.8 Å². The fourth-order valence-corrected chi connectivity index (χ4v) is 3.06. The molecule has 0 aliphatic carbocycles. The van der Waals surface area contributed by atoms with E-state index in [0.717, 1.165) is 22.2 Å². The summed E-state index contributed by atoms with van der Waals surface area (Å²) in [5.74, 6) is 0.590. The molecular weight excluding hydrogens is 374 g/mol. The van der Waals surface area contributed by atoms with E-state index in [4.69, 9.17) is 25.4 Å². The fourth-order valence-electron chi connectivity index (χ4n) is 2.93. The molecule has 0 amide bonds. The molecule has 6 heteroatoms. The van der Waals surface area contributed by atoms with Crippen LogP contribution in [0.4, 0.5) is 5.69 Å². The van der Waals surface area contributed by atoms with Gasteiger partial charge in [-0.1, -0.05) is 41.9 Å². The van der Waals surface area contributed by atoms with E-state index in [2.05, 4.69) is 10.5 Å². The summed E-state index contributed by atoms with van der Waals surface area (Å²) in [6.07, 6.45) is 0. The van der Waals surface area contributed by atoms with E-state index in [1.165, 1.54) is 0 Å². The Bertz CT molecular complexity index is 1320. The zero-order valence-corrected chi connectivity index (χ0v) is 15.4. The maximum atomic E-state index is 6.01. The van der Waals surface area contributed by atoms with Crippen LogP contribution < -0.4 is 11.0 Å². The number of fused-ring (bicyclic) bond motifs is 2. The quantitative estimate of drug-likeness (QED) is 0.396. The highest BCUT2D eigenvalue weighted by Crippen LogP contribution is 2.26. The lowest BCUT2D eigenvalue weighted by atomic mass is 10.2. The van der Waals surface area contributed by atoms with Crippen molar-refractivity contribution >= 4 is 39.4 Å².